The summed E-state index contributed by atoms with van der Waals surface area (Å²) < 4.78 is 21.0. The van der Waals surface area contributed by atoms with Crippen LogP contribution in [0, 0.1) is 5.82 Å². The molecule has 0 radical (unpaired) electrons. The number of benzene rings is 2. The van der Waals surface area contributed by atoms with E-state index in [0.717, 1.165) is 11.1 Å². The Morgan fingerprint density at radius 1 is 1.12 bits per heavy atom. The van der Waals surface area contributed by atoms with E-state index in [1.807, 2.05) is 28.9 Å². The van der Waals surface area contributed by atoms with Gasteiger partial charge in [0, 0.05) is 23.2 Å². The Bertz CT molecular complexity index is 1230. The summed E-state index contributed by atoms with van der Waals surface area (Å²) in [5, 5.41) is 7.56. The average Bonchev–Trinajstić information content (AvgIpc) is 3.33. The Morgan fingerprint density at radius 2 is 1.88 bits per heavy atom. The van der Waals surface area contributed by atoms with Crippen molar-refractivity contribution >= 4 is 23.4 Å². The predicted octanol–water partition coefficient (Wildman–Crippen LogP) is 4.56. The minimum Gasteiger partial charge on any atom is -0.497 e. The second-order valence-corrected chi connectivity index (χ2v) is 8.98. The molecular weight excluding hydrogens is 409 g/mol. The van der Waals surface area contributed by atoms with Gasteiger partial charge in [-0.25, -0.2) is 18.9 Å². The standard InChI is InChI=1S/C24H24FN5O2/c1-24(2,3)30-22-18(13-26-30)19(14-8-10-15(25)11-9-14)20-21(27-22)28-23(31)29(20)16-6-5-7-17(12-16)32-4/h5-13,19-20H,1-4H3,(H,27,28,31). The summed E-state index contributed by atoms with van der Waals surface area (Å²) in [5.41, 5.74) is 2.16. The number of methoxy groups -OCH3 is 1. The first-order valence-electron chi connectivity index (χ1n) is 10.4. The van der Waals surface area contributed by atoms with E-state index >= 15 is 0 Å². The second-order valence-electron chi connectivity index (χ2n) is 8.98. The van der Waals surface area contributed by atoms with Crippen molar-refractivity contribution in [2.24, 2.45) is 4.99 Å². The fourth-order valence-corrected chi connectivity index (χ4v) is 4.42. The van der Waals surface area contributed by atoms with E-state index < -0.39 is 6.04 Å². The fourth-order valence-electron chi connectivity index (χ4n) is 4.42. The highest BCUT2D eigenvalue weighted by atomic mass is 19.1. The van der Waals surface area contributed by atoms with E-state index in [9.17, 15) is 9.18 Å². The molecule has 3 aromatic rings. The van der Waals surface area contributed by atoms with Gasteiger partial charge in [0.2, 0.25) is 0 Å². The number of carbonyl (C=O) groups excluding carboxylic acids is 1. The summed E-state index contributed by atoms with van der Waals surface area (Å²) in [6, 6.07) is 13.1. The molecule has 164 valence electrons. The van der Waals surface area contributed by atoms with Gasteiger partial charge in [-0.3, -0.25) is 10.2 Å². The maximum Gasteiger partial charge on any atom is 0.328 e. The Morgan fingerprint density at radius 3 is 2.56 bits per heavy atom. The van der Waals surface area contributed by atoms with Crippen LogP contribution in [-0.2, 0) is 5.54 Å². The first kappa shape index (κ1) is 20.2. The average molecular weight is 433 g/mol. The van der Waals surface area contributed by atoms with Gasteiger partial charge in [-0.2, -0.15) is 5.10 Å². The molecule has 0 aliphatic carbocycles. The molecule has 2 unspecified atom stereocenters. The van der Waals surface area contributed by atoms with E-state index in [1.54, 1.807) is 30.3 Å². The van der Waals surface area contributed by atoms with Crippen molar-refractivity contribution in [3.63, 3.8) is 0 Å². The number of anilines is 1. The maximum absolute atomic E-state index is 13.7. The molecule has 7 nitrogen and oxygen atoms in total. The van der Waals surface area contributed by atoms with Gasteiger partial charge in [0.25, 0.3) is 0 Å². The maximum atomic E-state index is 13.7. The Kier molecular flexibility index (Phi) is 4.54. The molecule has 1 N–H and O–H groups in total. The zero-order valence-corrected chi connectivity index (χ0v) is 18.3. The number of carbonyl (C=O) groups is 1. The van der Waals surface area contributed by atoms with E-state index in [2.05, 4.69) is 31.2 Å². The molecule has 2 aliphatic heterocycles. The van der Waals surface area contributed by atoms with Crippen molar-refractivity contribution < 1.29 is 13.9 Å². The molecule has 0 bridgehead atoms. The Hall–Kier alpha value is -3.68. The lowest BCUT2D eigenvalue weighted by atomic mass is 9.83. The third kappa shape index (κ3) is 3.14. The molecule has 8 heteroatoms. The molecule has 2 aromatic carbocycles. The summed E-state index contributed by atoms with van der Waals surface area (Å²) in [4.78, 5) is 19.7. The second kappa shape index (κ2) is 7.19. The Labute approximate surface area is 185 Å². The van der Waals surface area contributed by atoms with Crippen molar-refractivity contribution in [2.75, 3.05) is 12.0 Å². The molecule has 2 amide bonds. The monoisotopic (exact) mass is 433 g/mol. The van der Waals surface area contributed by atoms with E-state index in [0.29, 0.717) is 23.1 Å². The first-order chi connectivity index (χ1) is 15.3. The van der Waals surface area contributed by atoms with Crippen molar-refractivity contribution in [3.05, 3.63) is 71.7 Å². The molecule has 1 aromatic heterocycles. The number of hydrogen-bond acceptors (Lipinski definition) is 4. The largest absolute Gasteiger partial charge is 0.497 e. The minimum atomic E-state index is -0.426. The number of nitrogens with one attached hydrogen (secondary N) is 1. The first-order valence-corrected chi connectivity index (χ1v) is 10.4. The van der Waals surface area contributed by atoms with Crippen LogP contribution >= 0.6 is 0 Å². The molecule has 5 rings (SSSR count). The third-order valence-electron chi connectivity index (χ3n) is 5.86. The number of urea groups is 1. The molecular formula is C24H24FN5O2. The number of fused-ring (bicyclic) bond motifs is 2. The van der Waals surface area contributed by atoms with Gasteiger partial charge >= 0.3 is 6.03 Å². The fraction of sp³-hybridized carbons (Fsp3) is 0.292. The molecule has 0 saturated carbocycles. The number of ether oxygens (including phenoxy) is 1. The molecule has 32 heavy (non-hydrogen) atoms. The topological polar surface area (TPSA) is 71.8 Å². The lowest BCUT2D eigenvalue weighted by Crippen LogP contribution is -2.42. The van der Waals surface area contributed by atoms with Crippen LogP contribution in [-0.4, -0.2) is 34.8 Å². The molecule has 3 heterocycles. The summed E-state index contributed by atoms with van der Waals surface area (Å²) >= 11 is 0. The number of amidine groups is 1. The van der Waals surface area contributed by atoms with Gasteiger partial charge in [0.15, 0.2) is 5.82 Å². The Balaban J connectivity index is 1.71. The zero-order chi connectivity index (χ0) is 22.6. The van der Waals surface area contributed by atoms with Crippen LogP contribution in [0.2, 0.25) is 0 Å². The molecule has 1 saturated heterocycles. The summed E-state index contributed by atoms with van der Waals surface area (Å²) in [5.74, 6) is 1.31. The van der Waals surface area contributed by atoms with Gasteiger partial charge < -0.3 is 4.74 Å². The lowest BCUT2D eigenvalue weighted by Gasteiger charge is -2.33. The number of aliphatic imine (C=N–C) groups is 1. The van der Waals surface area contributed by atoms with Crippen LogP contribution in [0.25, 0.3) is 0 Å². The van der Waals surface area contributed by atoms with Crippen LogP contribution in [0.4, 0.5) is 20.7 Å². The number of nitrogens with zero attached hydrogens (tertiary/aromatic N) is 4. The molecule has 2 aliphatic rings. The van der Waals surface area contributed by atoms with Gasteiger partial charge in [-0.05, 0) is 50.6 Å². The molecule has 2 atom stereocenters. The van der Waals surface area contributed by atoms with E-state index in [-0.39, 0.29) is 23.3 Å². The van der Waals surface area contributed by atoms with Crippen LogP contribution in [0.5, 0.6) is 5.75 Å². The zero-order valence-electron chi connectivity index (χ0n) is 18.3. The number of halogens is 1. The smallest absolute Gasteiger partial charge is 0.328 e. The van der Waals surface area contributed by atoms with Gasteiger partial charge in [-0.15, -0.1) is 0 Å². The van der Waals surface area contributed by atoms with Crippen LogP contribution in [0.15, 0.2) is 59.7 Å². The highest BCUT2D eigenvalue weighted by Gasteiger charge is 2.48. The SMILES string of the molecule is COc1cccc(N2C(=O)NC3=Nc4c(cnn4C(C)(C)C)C(c4ccc(F)cc4)C32)c1. The van der Waals surface area contributed by atoms with Gasteiger partial charge in [0.05, 0.1) is 18.8 Å². The van der Waals surface area contributed by atoms with Crippen LogP contribution < -0.4 is 15.0 Å². The lowest BCUT2D eigenvalue weighted by molar-refractivity contribution is 0.252. The van der Waals surface area contributed by atoms with Crippen LogP contribution in [0.3, 0.4) is 0 Å². The van der Waals surface area contributed by atoms with Crippen molar-refractivity contribution in [1.29, 1.82) is 0 Å². The number of rotatable bonds is 3. The minimum absolute atomic E-state index is 0.269. The summed E-state index contributed by atoms with van der Waals surface area (Å²) in [7, 11) is 1.59. The van der Waals surface area contributed by atoms with E-state index in [4.69, 9.17) is 9.73 Å². The van der Waals surface area contributed by atoms with Crippen LogP contribution in [0.1, 0.15) is 37.8 Å². The van der Waals surface area contributed by atoms with E-state index in [1.165, 1.54) is 12.1 Å². The normalized spacial score (nSPS) is 19.8. The van der Waals surface area contributed by atoms with Crippen molar-refractivity contribution in [3.8, 4) is 5.75 Å². The number of aromatic nitrogens is 2. The summed E-state index contributed by atoms with van der Waals surface area (Å²) in [6.07, 6.45) is 1.81. The predicted molar refractivity (Wildman–Crippen MR) is 120 cm³/mol. The summed E-state index contributed by atoms with van der Waals surface area (Å²) in [6.45, 7) is 6.15. The molecule has 0 spiro atoms. The van der Waals surface area contributed by atoms with Crippen molar-refractivity contribution in [2.45, 2.75) is 38.3 Å². The van der Waals surface area contributed by atoms with Crippen molar-refractivity contribution in [1.82, 2.24) is 15.1 Å². The van der Waals surface area contributed by atoms with Gasteiger partial charge in [0.1, 0.15) is 23.4 Å². The highest BCUT2D eigenvalue weighted by Crippen LogP contribution is 2.45. The quantitative estimate of drug-likeness (QED) is 0.658. The van der Waals surface area contributed by atoms with Gasteiger partial charge in [-0.1, -0.05) is 18.2 Å². The highest BCUT2D eigenvalue weighted by molar-refractivity contribution is 6.18. The third-order valence-corrected chi connectivity index (χ3v) is 5.86. The number of hydrogen-bond donors (Lipinski definition) is 1. The molecule has 1 fully saturated rings. The number of amides is 2.